The zero-order valence-corrected chi connectivity index (χ0v) is 13.6. The lowest BCUT2D eigenvalue weighted by atomic mass is 10.1. The number of ether oxygens (including phenoxy) is 1. The van der Waals surface area contributed by atoms with Crippen molar-refractivity contribution in [3.8, 4) is 5.75 Å². The van der Waals surface area contributed by atoms with E-state index in [0.717, 1.165) is 39.9 Å². The predicted octanol–water partition coefficient (Wildman–Crippen LogP) is 3.21. The fourth-order valence-electron chi connectivity index (χ4n) is 2.67. The van der Waals surface area contributed by atoms with Gasteiger partial charge in [0, 0.05) is 37.0 Å². The van der Waals surface area contributed by atoms with Gasteiger partial charge in [-0.25, -0.2) is 0 Å². The number of anilines is 1. The molecule has 1 amide bonds. The number of nitrogens with two attached hydrogens (primary N) is 1. The highest BCUT2D eigenvalue weighted by Gasteiger charge is 2.06. The number of rotatable bonds is 6. The van der Waals surface area contributed by atoms with Crippen LogP contribution in [0, 0.1) is 0 Å². The average Bonchev–Trinajstić information content (AvgIpc) is 2.97. The SMILES string of the molecule is CC(=O)Nc1c[nH]c2ccc(CCOc3cccc(CN)c3)cc12. The highest BCUT2D eigenvalue weighted by molar-refractivity contribution is 6.01. The fourth-order valence-corrected chi connectivity index (χ4v) is 2.67. The molecule has 0 unspecified atom stereocenters. The lowest BCUT2D eigenvalue weighted by molar-refractivity contribution is -0.114. The molecule has 4 N–H and O–H groups in total. The Labute approximate surface area is 140 Å². The molecule has 0 aliphatic rings. The Kier molecular flexibility index (Phi) is 4.82. The molecule has 0 aliphatic carbocycles. The van der Waals surface area contributed by atoms with E-state index in [1.165, 1.54) is 6.92 Å². The highest BCUT2D eigenvalue weighted by Crippen LogP contribution is 2.24. The molecular formula is C19H21N3O2. The van der Waals surface area contributed by atoms with Crippen LogP contribution in [0.5, 0.6) is 5.75 Å². The minimum atomic E-state index is -0.0792. The molecule has 5 nitrogen and oxygen atoms in total. The third-order valence-electron chi connectivity index (χ3n) is 3.85. The van der Waals surface area contributed by atoms with E-state index in [4.69, 9.17) is 10.5 Å². The molecule has 3 aromatic rings. The van der Waals surface area contributed by atoms with Gasteiger partial charge >= 0.3 is 0 Å². The molecule has 0 aliphatic heterocycles. The number of benzene rings is 2. The van der Waals surface area contributed by atoms with Crippen molar-refractivity contribution in [2.24, 2.45) is 5.73 Å². The van der Waals surface area contributed by atoms with E-state index in [1.54, 1.807) is 0 Å². The van der Waals surface area contributed by atoms with Gasteiger partial charge in [0.1, 0.15) is 5.75 Å². The maximum Gasteiger partial charge on any atom is 0.221 e. The summed E-state index contributed by atoms with van der Waals surface area (Å²) in [6, 6.07) is 14.0. The number of hydrogen-bond acceptors (Lipinski definition) is 3. The third-order valence-corrected chi connectivity index (χ3v) is 3.85. The Morgan fingerprint density at radius 1 is 1.21 bits per heavy atom. The van der Waals surface area contributed by atoms with Crippen LogP contribution in [-0.4, -0.2) is 17.5 Å². The normalized spacial score (nSPS) is 10.8. The molecule has 3 rings (SSSR count). The average molecular weight is 323 g/mol. The number of aromatic amines is 1. The lowest BCUT2D eigenvalue weighted by Gasteiger charge is -2.08. The Balaban J connectivity index is 1.67. The van der Waals surface area contributed by atoms with E-state index in [2.05, 4.69) is 22.4 Å². The predicted molar refractivity (Wildman–Crippen MR) is 96.1 cm³/mol. The van der Waals surface area contributed by atoms with E-state index in [1.807, 2.05) is 36.5 Å². The topological polar surface area (TPSA) is 80.1 Å². The Hall–Kier alpha value is -2.79. The maximum absolute atomic E-state index is 11.3. The van der Waals surface area contributed by atoms with Crippen LogP contribution in [0.4, 0.5) is 5.69 Å². The second-order valence-electron chi connectivity index (χ2n) is 5.71. The second kappa shape index (κ2) is 7.19. The molecule has 124 valence electrons. The van der Waals surface area contributed by atoms with Crippen molar-refractivity contribution in [3.63, 3.8) is 0 Å². The molecular weight excluding hydrogens is 302 g/mol. The second-order valence-corrected chi connectivity index (χ2v) is 5.71. The standard InChI is InChI=1S/C19H21N3O2/c1-13(23)22-19-12-21-18-6-5-14(10-17(18)19)7-8-24-16-4-2-3-15(9-16)11-20/h2-6,9-10,12,21H,7-8,11,20H2,1H3,(H,22,23). The van der Waals surface area contributed by atoms with Gasteiger partial charge in [-0.1, -0.05) is 18.2 Å². The molecule has 1 aromatic heterocycles. The van der Waals surface area contributed by atoms with Crippen LogP contribution in [0.2, 0.25) is 0 Å². The van der Waals surface area contributed by atoms with Crippen molar-refractivity contribution >= 4 is 22.5 Å². The number of nitrogens with one attached hydrogen (secondary N) is 2. The van der Waals surface area contributed by atoms with Crippen LogP contribution >= 0.6 is 0 Å². The quantitative estimate of drug-likeness (QED) is 0.651. The van der Waals surface area contributed by atoms with E-state index < -0.39 is 0 Å². The molecule has 0 radical (unpaired) electrons. The van der Waals surface area contributed by atoms with Gasteiger partial charge in [0.05, 0.1) is 12.3 Å². The first-order valence-corrected chi connectivity index (χ1v) is 7.95. The zero-order chi connectivity index (χ0) is 16.9. The maximum atomic E-state index is 11.3. The molecule has 0 bridgehead atoms. The number of aromatic nitrogens is 1. The summed E-state index contributed by atoms with van der Waals surface area (Å²) in [7, 11) is 0. The molecule has 0 atom stereocenters. The first-order chi connectivity index (χ1) is 11.7. The van der Waals surface area contributed by atoms with Gasteiger partial charge in [-0.2, -0.15) is 0 Å². The monoisotopic (exact) mass is 323 g/mol. The molecule has 5 heteroatoms. The summed E-state index contributed by atoms with van der Waals surface area (Å²) in [5.74, 6) is 0.754. The third kappa shape index (κ3) is 3.75. The molecule has 24 heavy (non-hydrogen) atoms. The van der Waals surface area contributed by atoms with Gasteiger partial charge in [0.15, 0.2) is 0 Å². The van der Waals surface area contributed by atoms with Gasteiger partial charge in [-0.05, 0) is 35.4 Å². The largest absolute Gasteiger partial charge is 0.493 e. The van der Waals surface area contributed by atoms with Gasteiger partial charge in [-0.3, -0.25) is 4.79 Å². The van der Waals surface area contributed by atoms with Crippen molar-refractivity contribution < 1.29 is 9.53 Å². The van der Waals surface area contributed by atoms with E-state index in [0.29, 0.717) is 13.2 Å². The van der Waals surface area contributed by atoms with Crippen molar-refractivity contribution in [1.82, 2.24) is 4.98 Å². The first kappa shape index (κ1) is 16.1. The van der Waals surface area contributed by atoms with E-state index >= 15 is 0 Å². The van der Waals surface area contributed by atoms with Crippen molar-refractivity contribution in [2.75, 3.05) is 11.9 Å². The van der Waals surface area contributed by atoms with Gasteiger partial charge < -0.3 is 20.8 Å². The zero-order valence-electron chi connectivity index (χ0n) is 13.6. The van der Waals surface area contributed by atoms with Crippen molar-refractivity contribution in [1.29, 1.82) is 0 Å². The summed E-state index contributed by atoms with van der Waals surface area (Å²) in [4.78, 5) is 14.4. The number of H-pyrrole nitrogens is 1. The lowest BCUT2D eigenvalue weighted by Crippen LogP contribution is -2.05. The number of carbonyl (C=O) groups is 1. The van der Waals surface area contributed by atoms with Crippen LogP contribution in [-0.2, 0) is 17.8 Å². The number of fused-ring (bicyclic) bond motifs is 1. The molecule has 1 heterocycles. The smallest absolute Gasteiger partial charge is 0.221 e. The van der Waals surface area contributed by atoms with Crippen molar-refractivity contribution in [3.05, 3.63) is 59.8 Å². The number of carbonyl (C=O) groups excluding carboxylic acids is 1. The Bertz CT molecular complexity index is 855. The highest BCUT2D eigenvalue weighted by atomic mass is 16.5. The van der Waals surface area contributed by atoms with Crippen molar-refractivity contribution in [2.45, 2.75) is 19.9 Å². The summed E-state index contributed by atoms with van der Waals surface area (Å²) in [6.45, 7) is 2.60. The Morgan fingerprint density at radius 3 is 2.88 bits per heavy atom. The van der Waals surface area contributed by atoms with E-state index in [-0.39, 0.29) is 5.91 Å². The minimum absolute atomic E-state index is 0.0792. The van der Waals surface area contributed by atoms with Crippen LogP contribution in [0.25, 0.3) is 10.9 Å². The van der Waals surface area contributed by atoms with Gasteiger partial charge in [-0.15, -0.1) is 0 Å². The molecule has 0 saturated heterocycles. The minimum Gasteiger partial charge on any atom is -0.493 e. The van der Waals surface area contributed by atoms with Crippen LogP contribution < -0.4 is 15.8 Å². The van der Waals surface area contributed by atoms with Crippen LogP contribution in [0.3, 0.4) is 0 Å². The first-order valence-electron chi connectivity index (χ1n) is 7.95. The molecule has 0 spiro atoms. The van der Waals surface area contributed by atoms with E-state index in [9.17, 15) is 4.79 Å². The summed E-state index contributed by atoms with van der Waals surface area (Å²) in [6.07, 6.45) is 2.60. The summed E-state index contributed by atoms with van der Waals surface area (Å²) in [5.41, 5.74) is 9.65. The summed E-state index contributed by atoms with van der Waals surface area (Å²) < 4.78 is 5.81. The van der Waals surface area contributed by atoms with Crippen LogP contribution in [0.1, 0.15) is 18.1 Å². The van der Waals surface area contributed by atoms with Gasteiger partial charge in [0.2, 0.25) is 5.91 Å². The Morgan fingerprint density at radius 2 is 2.08 bits per heavy atom. The van der Waals surface area contributed by atoms with Gasteiger partial charge in [0.25, 0.3) is 0 Å². The summed E-state index contributed by atoms with van der Waals surface area (Å²) >= 11 is 0. The fraction of sp³-hybridized carbons (Fsp3) is 0.211. The number of hydrogen-bond donors (Lipinski definition) is 3. The summed E-state index contributed by atoms with van der Waals surface area (Å²) in [5, 5.41) is 3.84. The molecule has 0 fully saturated rings. The van der Waals surface area contributed by atoms with Crippen LogP contribution in [0.15, 0.2) is 48.7 Å². The molecule has 0 saturated carbocycles. The number of amides is 1. The molecule has 2 aromatic carbocycles.